The van der Waals surface area contributed by atoms with Gasteiger partial charge < -0.3 is 15.0 Å². The first-order valence-corrected chi connectivity index (χ1v) is 10.9. The summed E-state index contributed by atoms with van der Waals surface area (Å²) in [5.41, 5.74) is 3.19. The van der Waals surface area contributed by atoms with Crippen LogP contribution in [0.4, 0.5) is 0 Å². The van der Waals surface area contributed by atoms with E-state index in [0.717, 1.165) is 42.2 Å². The molecule has 162 valence electrons. The first-order valence-electron chi connectivity index (χ1n) is 10.9. The third-order valence-electron chi connectivity index (χ3n) is 6.00. The topological polar surface area (TPSA) is 59.4 Å². The van der Waals surface area contributed by atoms with Crippen LogP contribution in [0.5, 0.6) is 5.75 Å². The summed E-state index contributed by atoms with van der Waals surface area (Å²) in [6.45, 7) is 2.97. The molecule has 3 aromatic rings. The van der Waals surface area contributed by atoms with Crippen molar-refractivity contribution in [3.8, 4) is 22.7 Å². The lowest BCUT2D eigenvalue weighted by molar-refractivity contribution is 0.0943. The number of hydrogen-bond acceptors (Lipinski definition) is 4. The van der Waals surface area contributed by atoms with E-state index < -0.39 is 0 Å². The quantitative estimate of drug-likeness (QED) is 0.630. The maximum Gasteiger partial charge on any atom is 0.271 e. The summed E-state index contributed by atoms with van der Waals surface area (Å²) in [7, 11) is 3.82. The van der Waals surface area contributed by atoms with E-state index in [0.29, 0.717) is 18.2 Å². The zero-order chi connectivity index (χ0) is 21.6. The molecule has 2 heterocycles. The molecule has 4 rings (SSSR count). The van der Waals surface area contributed by atoms with Gasteiger partial charge in [-0.3, -0.25) is 4.79 Å². The Hall–Kier alpha value is -3.12. The van der Waals surface area contributed by atoms with E-state index >= 15 is 0 Å². The van der Waals surface area contributed by atoms with Crippen molar-refractivity contribution in [2.75, 3.05) is 33.8 Å². The van der Waals surface area contributed by atoms with Gasteiger partial charge in [-0.2, -0.15) is 5.10 Å². The van der Waals surface area contributed by atoms with Gasteiger partial charge in [-0.05, 0) is 87.8 Å². The average molecular weight is 419 g/mol. The molecule has 1 amide bonds. The molecule has 1 aliphatic rings. The third kappa shape index (κ3) is 5.14. The maximum absolute atomic E-state index is 12.9. The van der Waals surface area contributed by atoms with E-state index in [2.05, 4.69) is 22.4 Å². The van der Waals surface area contributed by atoms with Gasteiger partial charge >= 0.3 is 0 Å². The Kier molecular flexibility index (Phi) is 6.67. The van der Waals surface area contributed by atoms with Crippen molar-refractivity contribution < 1.29 is 9.53 Å². The van der Waals surface area contributed by atoms with Crippen LogP contribution >= 0.6 is 0 Å². The highest BCUT2D eigenvalue weighted by Crippen LogP contribution is 2.26. The lowest BCUT2D eigenvalue weighted by Crippen LogP contribution is -2.32. The number of rotatable bonds is 7. The fraction of sp³-hybridized carbons (Fsp3) is 0.360. The Morgan fingerprint density at radius 2 is 1.81 bits per heavy atom. The second-order valence-electron chi connectivity index (χ2n) is 8.18. The second kappa shape index (κ2) is 9.79. The van der Waals surface area contributed by atoms with E-state index in [1.54, 1.807) is 7.11 Å². The number of carbonyl (C=O) groups is 1. The number of nitrogens with one attached hydrogen (secondary N) is 1. The number of benzene rings is 2. The first-order chi connectivity index (χ1) is 15.1. The number of methoxy groups -OCH3 is 1. The normalized spacial score (nSPS) is 15.0. The zero-order valence-electron chi connectivity index (χ0n) is 18.3. The van der Waals surface area contributed by atoms with Gasteiger partial charge in [0.1, 0.15) is 5.75 Å². The van der Waals surface area contributed by atoms with Crippen LogP contribution in [-0.4, -0.2) is 54.4 Å². The minimum Gasteiger partial charge on any atom is -0.497 e. The number of carbonyl (C=O) groups excluding carboxylic acids is 1. The molecule has 0 atom stereocenters. The fourth-order valence-electron chi connectivity index (χ4n) is 4.06. The zero-order valence-corrected chi connectivity index (χ0v) is 18.3. The minimum absolute atomic E-state index is 0.127. The summed E-state index contributed by atoms with van der Waals surface area (Å²) in [4.78, 5) is 15.2. The molecule has 1 N–H and O–H groups in total. The van der Waals surface area contributed by atoms with Crippen molar-refractivity contribution in [1.29, 1.82) is 0 Å². The van der Waals surface area contributed by atoms with E-state index in [1.807, 2.05) is 65.3 Å². The van der Waals surface area contributed by atoms with Crippen molar-refractivity contribution >= 4 is 5.91 Å². The van der Waals surface area contributed by atoms with Crippen molar-refractivity contribution in [2.45, 2.75) is 19.3 Å². The van der Waals surface area contributed by atoms with Gasteiger partial charge in [0.15, 0.2) is 5.69 Å². The maximum atomic E-state index is 12.9. The van der Waals surface area contributed by atoms with Gasteiger partial charge in [-0.15, -0.1) is 0 Å². The van der Waals surface area contributed by atoms with Crippen molar-refractivity contribution in [3.63, 3.8) is 0 Å². The van der Waals surface area contributed by atoms with Crippen LogP contribution in [0, 0.1) is 5.92 Å². The predicted molar refractivity (Wildman–Crippen MR) is 123 cm³/mol. The molecule has 2 aromatic carbocycles. The summed E-state index contributed by atoms with van der Waals surface area (Å²) in [6, 6.07) is 19.5. The molecule has 1 saturated heterocycles. The van der Waals surface area contributed by atoms with Gasteiger partial charge in [0, 0.05) is 12.1 Å². The fourth-order valence-corrected chi connectivity index (χ4v) is 4.06. The van der Waals surface area contributed by atoms with Crippen molar-refractivity contribution in [2.24, 2.45) is 5.92 Å². The number of amides is 1. The highest BCUT2D eigenvalue weighted by atomic mass is 16.5. The van der Waals surface area contributed by atoms with Gasteiger partial charge in [0.05, 0.1) is 18.5 Å². The molecule has 6 heteroatoms. The second-order valence-corrected chi connectivity index (χ2v) is 8.18. The van der Waals surface area contributed by atoms with Gasteiger partial charge in [0.2, 0.25) is 0 Å². The van der Waals surface area contributed by atoms with Crippen LogP contribution in [0.15, 0.2) is 60.7 Å². The van der Waals surface area contributed by atoms with Gasteiger partial charge in [0.25, 0.3) is 5.91 Å². The molecule has 0 spiro atoms. The first kappa shape index (κ1) is 21.1. The Morgan fingerprint density at radius 1 is 1.10 bits per heavy atom. The van der Waals surface area contributed by atoms with Crippen LogP contribution in [0.3, 0.4) is 0 Å². The average Bonchev–Trinajstić information content (AvgIpc) is 3.27. The summed E-state index contributed by atoms with van der Waals surface area (Å²) in [5.74, 6) is 1.35. The molecular formula is C25H30N4O2. The molecule has 0 bridgehead atoms. The molecule has 1 aliphatic heterocycles. The number of likely N-dealkylation sites (tertiary alicyclic amines) is 1. The standard InChI is InChI=1S/C25H30N4O2/c1-28-16-13-19(14-17-28)12-15-26-25(30)23-18-24(20-8-10-22(31-2)11-9-20)29(27-23)21-6-4-3-5-7-21/h3-11,18-19H,12-17H2,1-2H3,(H,26,30). The number of piperidine rings is 1. The van der Waals surface area contributed by atoms with Crippen molar-refractivity contribution in [1.82, 2.24) is 20.0 Å². The number of para-hydroxylation sites is 1. The molecule has 0 saturated carbocycles. The smallest absolute Gasteiger partial charge is 0.271 e. The molecule has 6 nitrogen and oxygen atoms in total. The lowest BCUT2D eigenvalue weighted by atomic mass is 9.94. The Bertz CT molecular complexity index is 990. The van der Waals surface area contributed by atoms with Crippen molar-refractivity contribution in [3.05, 3.63) is 66.4 Å². The molecule has 1 fully saturated rings. The van der Waals surface area contributed by atoms with Crippen LogP contribution in [-0.2, 0) is 0 Å². The van der Waals surface area contributed by atoms with Crippen LogP contribution in [0.2, 0.25) is 0 Å². The molecule has 0 radical (unpaired) electrons. The molecule has 0 aliphatic carbocycles. The van der Waals surface area contributed by atoms with E-state index in [1.165, 1.54) is 12.8 Å². The predicted octanol–water partition coefficient (Wildman–Crippen LogP) is 4.01. The van der Waals surface area contributed by atoms with E-state index in [-0.39, 0.29) is 5.91 Å². The lowest BCUT2D eigenvalue weighted by Gasteiger charge is -2.28. The molecule has 31 heavy (non-hydrogen) atoms. The molecular weight excluding hydrogens is 388 g/mol. The summed E-state index contributed by atoms with van der Waals surface area (Å²) in [6.07, 6.45) is 3.43. The monoisotopic (exact) mass is 418 g/mol. The summed E-state index contributed by atoms with van der Waals surface area (Å²) >= 11 is 0. The Balaban J connectivity index is 1.51. The Morgan fingerprint density at radius 3 is 2.48 bits per heavy atom. The van der Waals surface area contributed by atoms with Crippen LogP contribution in [0.25, 0.3) is 16.9 Å². The minimum atomic E-state index is -0.127. The highest BCUT2D eigenvalue weighted by Gasteiger charge is 2.19. The number of ether oxygens (including phenoxy) is 1. The number of aromatic nitrogens is 2. The van der Waals surface area contributed by atoms with Crippen LogP contribution < -0.4 is 10.1 Å². The molecule has 0 unspecified atom stereocenters. The largest absolute Gasteiger partial charge is 0.497 e. The van der Waals surface area contributed by atoms with E-state index in [4.69, 9.17) is 4.74 Å². The van der Waals surface area contributed by atoms with E-state index in [9.17, 15) is 4.79 Å². The van der Waals surface area contributed by atoms with Gasteiger partial charge in [-0.25, -0.2) is 4.68 Å². The van der Waals surface area contributed by atoms with Gasteiger partial charge in [-0.1, -0.05) is 18.2 Å². The third-order valence-corrected chi connectivity index (χ3v) is 6.00. The van der Waals surface area contributed by atoms with Crippen LogP contribution in [0.1, 0.15) is 29.8 Å². The highest BCUT2D eigenvalue weighted by molar-refractivity contribution is 5.93. The SMILES string of the molecule is COc1ccc(-c2cc(C(=O)NCCC3CCN(C)CC3)nn2-c2ccccc2)cc1. The molecule has 1 aromatic heterocycles. The number of hydrogen-bond donors (Lipinski definition) is 1. The Labute approximate surface area is 183 Å². The number of nitrogens with zero attached hydrogens (tertiary/aromatic N) is 3. The summed E-state index contributed by atoms with van der Waals surface area (Å²) < 4.78 is 7.10. The summed E-state index contributed by atoms with van der Waals surface area (Å²) in [5, 5.41) is 7.71.